The van der Waals surface area contributed by atoms with Gasteiger partial charge in [-0.15, -0.1) is 11.3 Å². The van der Waals surface area contributed by atoms with Gasteiger partial charge in [-0.1, -0.05) is 19.9 Å². The van der Waals surface area contributed by atoms with E-state index in [1.54, 1.807) is 11.3 Å². The Labute approximate surface area is 90.1 Å². The monoisotopic (exact) mass is 213 g/mol. The summed E-state index contributed by atoms with van der Waals surface area (Å²) in [6, 6.07) is 4.26. The molecule has 1 aromatic rings. The van der Waals surface area contributed by atoms with E-state index in [2.05, 4.69) is 25.3 Å². The van der Waals surface area contributed by atoms with Crippen LogP contribution in [0.4, 0.5) is 0 Å². The molecule has 1 rings (SSSR count). The van der Waals surface area contributed by atoms with Crippen molar-refractivity contribution in [2.24, 2.45) is 5.73 Å². The molecule has 2 N–H and O–H groups in total. The highest BCUT2D eigenvalue weighted by atomic mass is 32.1. The van der Waals surface area contributed by atoms with Crippen molar-refractivity contribution in [3.8, 4) is 0 Å². The lowest BCUT2D eigenvalue weighted by molar-refractivity contribution is 0.0363. The molecule has 2 nitrogen and oxygen atoms in total. The molecule has 1 aromatic heterocycles. The predicted octanol–water partition coefficient (Wildman–Crippen LogP) is 2.95. The number of rotatable bonds is 6. The van der Waals surface area contributed by atoms with Gasteiger partial charge in [-0.2, -0.15) is 0 Å². The topological polar surface area (TPSA) is 35.2 Å². The van der Waals surface area contributed by atoms with E-state index in [1.807, 2.05) is 6.07 Å². The van der Waals surface area contributed by atoms with Crippen molar-refractivity contribution < 1.29 is 4.74 Å². The fourth-order valence-corrected chi connectivity index (χ4v) is 2.18. The Hall–Kier alpha value is -0.380. The summed E-state index contributed by atoms with van der Waals surface area (Å²) in [5.41, 5.74) is 6.03. The van der Waals surface area contributed by atoms with Gasteiger partial charge in [0, 0.05) is 17.5 Å². The molecule has 80 valence electrons. The van der Waals surface area contributed by atoms with Crippen molar-refractivity contribution >= 4 is 11.3 Å². The van der Waals surface area contributed by atoms with Gasteiger partial charge in [0.2, 0.25) is 0 Å². The van der Waals surface area contributed by atoms with Gasteiger partial charge in [-0.25, -0.2) is 0 Å². The Morgan fingerprint density at radius 3 is 2.79 bits per heavy atom. The molecule has 1 heterocycles. The molecule has 0 fully saturated rings. The average Bonchev–Trinajstić information content (AvgIpc) is 2.71. The summed E-state index contributed by atoms with van der Waals surface area (Å²) < 4.78 is 5.77. The molecule has 0 spiro atoms. The van der Waals surface area contributed by atoms with Crippen molar-refractivity contribution in [3.63, 3.8) is 0 Å². The first kappa shape index (κ1) is 11.7. The molecule has 0 saturated heterocycles. The molecule has 14 heavy (non-hydrogen) atoms. The third kappa shape index (κ3) is 3.08. The van der Waals surface area contributed by atoms with Gasteiger partial charge in [0.15, 0.2) is 0 Å². The van der Waals surface area contributed by atoms with Gasteiger partial charge < -0.3 is 10.5 Å². The maximum atomic E-state index is 6.03. The molecule has 0 aliphatic rings. The third-order valence-corrected chi connectivity index (χ3v) is 3.12. The minimum Gasteiger partial charge on any atom is -0.371 e. The van der Waals surface area contributed by atoms with Crippen LogP contribution in [0.1, 0.15) is 37.7 Å². The Morgan fingerprint density at radius 1 is 1.50 bits per heavy atom. The summed E-state index contributed by atoms with van der Waals surface area (Å²) >= 11 is 1.72. The minimum atomic E-state index is 0.0833. The Bertz CT molecular complexity index is 235. The number of hydrogen-bond donors (Lipinski definition) is 1. The first-order valence-electron chi connectivity index (χ1n) is 5.20. The molecule has 2 atom stereocenters. The van der Waals surface area contributed by atoms with Crippen LogP contribution in [0.3, 0.4) is 0 Å². The fraction of sp³-hybridized carbons (Fsp3) is 0.636. The minimum absolute atomic E-state index is 0.0833. The van der Waals surface area contributed by atoms with Gasteiger partial charge in [0.25, 0.3) is 0 Å². The second-order valence-electron chi connectivity index (χ2n) is 3.38. The summed E-state index contributed by atoms with van der Waals surface area (Å²) in [5, 5.41) is 2.07. The average molecular weight is 213 g/mol. The molecular formula is C11H19NOS. The predicted molar refractivity (Wildman–Crippen MR) is 61.6 cm³/mol. The highest BCUT2D eigenvalue weighted by Crippen LogP contribution is 2.26. The Morgan fingerprint density at radius 2 is 2.29 bits per heavy atom. The second kappa shape index (κ2) is 6.17. The highest BCUT2D eigenvalue weighted by molar-refractivity contribution is 7.10. The standard InChI is InChI=1S/C11H19NOS/c1-3-7-13-11(9(12)4-2)10-6-5-8-14-10/h5-6,8-9,11H,3-4,7,12H2,1-2H3. The van der Waals surface area contributed by atoms with Gasteiger partial charge in [0.05, 0.1) is 0 Å². The van der Waals surface area contributed by atoms with Crippen LogP contribution in [-0.4, -0.2) is 12.6 Å². The highest BCUT2D eigenvalue weighted by Gasteiger charge is 2.19. The zero-order chi connectivity index (χ0) is 10.4. The molecule has 0 saturated carbocycles. The van der Waals surface area contributed by atoms with Gasteiger partial charge in [0.1, 0.15) is 6.10 Å². The Kier molecular flexibility index (Phi) is 5.15. The van der Waals surface area contributed by atoms with Gasteiger partial charge in [-0.05, 0) is 24.3 Å². The first-order valence-corrected chi connectivity index (χ1v) is 6.08. The number of ether oxygens (including phenoxy) is 1. The maximum absolute atomic E-state index is 6.03. The lowest BCUT2D eigenvalue weighted by atomic mass is 10.1. The van der Waals surface area contributed by atoms with Crippen LogP contribution in [0.25, 0.3) is 0 Å². The van der Waals surface area contributed by atoms with Gasteiger partial charge in [-0.3, -0.25) is 0 Å². The van der Waals surface area contributed by atoms with Crippen LogP contribution in [0.5, 0.6) is 0 Å². The molecule has 0 aliphatic carbocycles. The quantitative estimate of drug-likeness (QED) is 0.788. The van der Waals surface area contributed by atoms with Crippen molar-refractivity contribution in [2.45, 2.75) is 38.8 Å². The van der Waals surface area contributed by atoms with Crippen LogP contribution < -0.4 is 5.73 Å². The van der Waals surface area contributed by atoms with Crippen LogP contribution >= 0.6 is 11.3 Å². The molecular weight excluding hydrogens is 194 g/mol. The molecule has 0 aromatic carbocycles. The van der Waals surface area contributed by atoms with Crippen molar-refractivity contribution in [1.82, 2.24) is 0 Å². The number of nitrogens with two attached hydrogens (primary N) is 1. The smallest absolute Gasteiger partial charge is 0.107 e. The molecule has 3 heteroatoms. The van der Waals surface area contributed by atoms with E-state index in [0.29, 0.717) is 0 Å². The van der Waals surface area contributed by atoms with Gasteiger partial charge >= 0.3 is 0 Å². The van der Waals surface area contributed by atoms with E-state index in [1.165, 1.54) is 4.88 Å². The van der Waals surface area contributed by atoms with Crippen molar-refractivity contribution in [2.75, 3.05) is 6.61 Å². The molecule has 2 unspecified atom stereocenters. The van der Waals surface area contributed by atoms with Crippen molar-refractivity contribution in [1.29, 1.82) is 0 Å². The lowest BCUT2D eigenvalue weighted by Crippen LogP contribution is -2.29. The summed E-state index contributed by atoms with van der Waals surface area (Å²) in [5.74, 6) is 0. The summed E-state index contributed by atoms with van der Waals surface area (Å²) in [7, 11) is 0. The molecule has 0 aliphatic heterocycles. The summed E-state index contributed by atoms with van der Waals surface area (Å²) in [6.07, 6.45) is 2.07. The van der Waals surface area contributed by atoms with E-state index >= 15 is 0 Å². The number of thiophene rings is 1. The zero-order valence-corrected chi connectivity index (χ0v) is 9.72. The maximum Gasteiger partial charge on any atom is 0.107 e. The lowest BCUT2D eigenvalue weighted by Gasteiger charge is -2.22. The summed E-state index contributed by atoms with van der Waals surface area (Å²) in [4.78, 5) is 1.24. The van der Waals surface area contributed by atoms with E-state index in [4.69, 9.17) is 10.5 Å². The van der Waals surface area contributed by atoms with E-state index in [0.717, 1.165) is 19.4 Å². The van der Waals surface area contributed by atoms with Crippen LogP contribution in [0.2, 0.25) is 0 Å². The van der Waals surface area contributed by atoms with Crippen molar-refractivity contribution in [3.05, 3.63) is 22.4 Å². The van der Waals surface area contributed by atoms with E-state index < -0.39 is 0 Å². The van der Waals surface area contributed by atoms with E-state index in [9.17, 15) is 0 Å². The second-order valence-corrected chi connectivity index (χ2v) is 4.36. The van der Waals surface area contributed by atoms with Crippen LogP contribution in [0, 0.1) is 0 Å². The molecule has 0 amide bonds. The first-order chi connectivity index (χ1) is 6.79. The van der Waals surface area contributed by atoms with Crippen LogP contribution in [0.15, 0.2) is 17.5 Å². The summed E-state index contributed by atoms with van der Waals surface area (Å²) in [6.45, 7) is 5.00. The number of hydrogen-bond acceptors (Lipinski definition) is 3. The normalized spacial score (nSPS) is 15.4. The SMILES string of the molecule is CCCOC(c1cccs1)C(N)CC. The fourth-order valence-electron chi connectivity index (χ4n) is 1.33. The molecule has 0 bridgehead atoms. The Balaban J connectivity index is 2.62. The zero-order valence-electron chi connectivity index (χ0n) is 8.90. The third-order valence-electron chi connectivity index (χ3n) is 2.19. The molecule has 0 radical (unpaired) electrons. The van der Waals surface area contributed by atoms with E-state index in [-0.39, 0.29) is 12.1 Å². The van der Waals surface area contributed by atoms with Crippen LogP contribution in [-0.2, 0) is 4.74 Å². The largest absolute Gasteiger partial charge is 0.371 e.